The number of hydrogen-bond acceptors (Lipinski definition) is 4. The van der Waals surface area contributed by atoms with Gasteiger partial charge in [-0.2, -0.15) is 13.2 Å². The van der Waals surface area contributed by atoms with Crippen LogP contribution in [0.4, 0.5) is 24.7 Å². The van der Waals surface area contributed by atoms with Crippen molar-refractivity contribution in [1.29, 1.82) is 0 Å². The van der Waals surface area contributed by atoms with E-state index >= 15 is 0 Å². The average Bonchev–Trinajstić information content (AvgIpc) is 2.19. The molecule has 1 rings (SSSR count). The first-order valence-corrected chi connectivity index (χ1v) is 6.14. The predicted molar refractivity (Wildman–Crippen MR) is 56.7 cm³/mol. The molecule has 0 radical (unpaired) electrons. The standard InChI is InChI=1S/C8H10F3N3O2S/c1-2-17(15,16)14-7-6(12)3-5(4-13-7)8(9,10)11/h3-4H,2,12H2,1H3,(H,13,14). The Hall–Kier alpha value is -1.51. The monoisotopic (exact) mass is 269 g/mol. The molecule has 0 aliphatic carbocycles. The van der Waals surface area contributed by atoms with Crippen molar-refractivity contribution >= 4 is 21.5 Å². The lowest BCUT2D eigenvalue weighted by atomic mass is 10.2. The van der Waals surface area contributed by atoms with Gasteiger partial charge in [0.1, 0.15) is 0 Å². The molecule has 0 amide bonds. The maximum atomic E-state index is 12.3. The third kappa shape index (κ3) is 3.48. The van der Waals surface area contributed by atoms with E-state index in [0.717, 1.165) is 0 Å². The highest BCUT2D eigenvalue weighted by atomic mass is 32.2. The van der Waals surface area contributed by atoms with Crippen LogP contribution in [-0.4, -0.2) is 19.2 Å². The Balaban J connectivity index is 3.07. The second-order valence-electron chi connectivity index (χ2n) is 3.17. The lowest BCUT2D eigenvalue weighted by Gasteiger charge is -2.11. The first-order valence-electron chi connectivity index (χ1n) is 4.49. The number of halogens is 3. The number of alkyl halides is 3. The Morgan fingerprint density at radius 1 is 1.47 bits per heavy atom. The molecule has 0 spiro atoms. The summed E-state index contributed by atoms with van der Waals surface area (Å²) in [6, 6.07) is 0.626. The molecule has 0 aliphatic heterocycles. The van der Waals surface area contributed by atoms with Crippen molar-refractivity contribution < 1.29 is 21.6 Å². The van der Waals surface area contributed by atoms with E-state index in [0.29, 0.717) is 12.3 Å². The molecule has 0 fully saturated rings. The van der Waals surface area contributed by atoms with Gasteiger partial charge in [-0.15, -0.1) is 0 Å². The summed E-state index contributed by atoms with van der Waals surface area (Å²) in [5, 5.41) is 0. The Labute approximate surface area is 95.9 Å². The van der Waals surface area contributed by atoms with Crippen molar-refractivity contribution in [2.24, 2.45) is 0 Å². The molecular weight excluding hydrogens is 259 g/mol. The van der Waals surface area contributed by atoms with Crippen LogP contribution >= 0.6 is 0 Å². The summed E-state index contributed by atoms with van der Waals surface area (Å²) in [7, 11) is -3.62. The molecule has 1 aromatic rings. The van der Waals surface area contributed by atoms with Crippen molar-refractivity contribution in [3.63, 3.8) is 0 Å². The van der Waals surface area contributed by atoms with Crippen LogP contribution in [0.3, 0.4) is 0 Å². The van der Waals surface area contributed by atoms with Crippen LogP contribution in [-0.2, 0) is 16.2 Å². The topological polar surface area (TPSA) is 85.1 Å². The summed E-state index contributed by atoms with van der Waals surface area (Å²) in [5.41, 5.74) is 3.88. The minimum Gasteiger partial charge on any atom is -0.396 e. The Morgan fingerprint density at radius 2 is 2.06 bits per heavy atom. The summed E-state index contributed by atoms with van der Waals surface area (Å²) >= 11 is 0. The van der Waals surface area contributed by atoms with Crippen LogP contribution in [0.15, 0.2) is 12.3 Å². The van der Waals surface area contributed by atoms with Crippen molar-refractivity contribution in [3.05, 3.63) is 17.8 Å². The number of pyridine rings is 1. The van der Waals surface area contributed by atoms with E-state index in [2.05, 4.69) is 4.98 Å². The molecule has 96 valence electrons. The largest absolute Gasteiger partial charge is 0.417 e. The predicted octanol–water partition coefficient (Wildman–Crippen LogP) is 1.44. The summed E-state index contributed by atoms with van der Waals surface area (Å²) in [4.78, 5) is 3.34. The van der Waals surface area contributed by atoms with Crippen LogP contribution < -0.4 is 10.5 Å². The van der Waals surface area contributed by atoms with E-state index < -0.39 is 21.8 Å². The third-order valence-electron chi connectivity index (χ3n) is 1.88. The van der Waals surface area contributed by atoms with E-state index in [1.165, 1.54) is 6.92 Å². The van der Waals surface area contributed by atoms with Crippen LogP contribution in [0.5, 0.6) is 0 Å². The van der Waals surface area contributed by atoms with E-state index in [1.54, 1.807) is 0 Å². The zero-order chi connectivity index (χ0) is 13.3. The van der Waals surface area contributed by atoms with Gasteiger partial charge in [0.05, 0.1) is 17.0 Å². The lowest BCUT2D eigenvalue weighted by Crippen LogP contribution is -2.17. The fourth-order valence-electron chi connectivity index (χ4n) is 0.942. The van der Waals surface area contributed by atoms with Gasteiger partial charge in [0.25, 0.3) is 0 Å². The second-order valence-corrected chi connectivity index (χ2v) is 5.18. The van der Waals surface area contributed by atoms with Gasteiger partial charge in [0.15, 0.2) is 5.82 Å². The molecule has 0 saturated heterocycles. The number of sulfonamides is 1. The highest BCUT2D eigenvalue weighted by Crippen LogP contribution is 2.31. The van der Waals surface area contributed by atoms with Crippen LogP contribution in [0.2, 0.25) is 0 Å². The first-order chi connectivity index (χ1) is 7.65. The van der Waals surface area contributed by atoms with Gasteiger partial charge >= 0.3 is 6.18 Å². The van der Waals surface area contributed by atoms with Gasteiger partial charge in [-0.05, 0) is 13.0 Å². The van der Waals surface area contributed by atoms with E-state index in [-0.39, 0.29) is 17.3 Å². The number of nitrogens with one attached hydrogen (secondary N) is 1. The highest BCUT2D eigenvalue weighted by Gasteiger charge is 2.31. The first kappa shape index (κ1) is 13.6. The van der Waals surface area contributed by atoms with Crippen LogP contribution in [0, 0.1) is 0 Å². The molecule has 0 atom stereocenters. The number of nitrogen functional groups attached to an aromatic ring is 1. The minimum absolute atomic E-state index is 0.227. The zero-order valence-electron chi connectivity index (χ0n) is 8.75. The van der Waals surface area contributed by atoms with Gasteiger partial charge in [-0.3, -0.25) is 4.72 Å². The normalized spacial score (nSPS) is 12.5. The number of hydrogen-bond donors (Lipinski definition) is 2. The number of rotatable bonds is 3. The zero-order valence-corrected chi connectivity index (χ0v) is 9.56. The molecule has 0 unspecified atom stereocenters. The van der Waals surface area contributed by atoms with E-state index in [4.69, 9.17) is 5.73 Å². The quantitative estimate of drug-likeness (QED) is 0.869. The molecule has 17 heavy (non-hydrogen) atoms. The molecule has 0 bridgehead atoms. The maximum Gasteiger partial charge on any atom is 0.417 e. The molecule has 0 saturated carbocycles. The number of nitrogens with two attached hydrogens (primary N) is 1. The van der Waals surface area contributed by atoms with Gasteiger partial charge in [-0.1, -0.05) is 0 Å². The third-order valence-corrected chi connectivity index (χ3v) is 3.14. The molecule has 9 heteroatoms. The van der Waals surface area contributed by atoms with E-state index in [1.807, 2.05) is 4.72 Å². The van der Waals surface area contributed by atoms with E-state index in [9.17, 15) is 21.6 Å². The molecule has 1 aromatic heterocycles. The molecule has 0 aromatic carbocycles. The number of aromatic nitrogens is 1. The van der Waals surface area contributed by atoms with Gasteiger partial charge < -0.3 is 5.73 Å². The van der Waals surface area contributed by atoms with Gasteiger partial charge in [0.2, 0.25) is 10.0 Å². The Bertz CT molecular complexity index is 513. The molecular formula is C8H10F3N3O2S. The maximum absolute atomic E-state index is 12.3. The fraction of sp³-hybridized carbons (Fsp3) is 0.375. The molecule has 0 aliphatic rings. The molecule has 1 heterocycles. The molecule has 3 N–H and O–H groups in total. The van der Waals surface area contributed by atoms with Crippen molar-refractivity contribution in [3.8, 4) is 0 Å². The Morgan fingerprint density at radius 3 is 2.47 bits per heavy atom. The van der Waals surface area contributed by atoms with Gasteiger partial charge in [-0.25, -0.2) is 13.4 Å². The lowest BCUT2D eigenvalue weighted by molar-refractivity contribution is -0.137. The summed E-state index contributed by atoms with van der Waals surface area (Å²) in [6.07, 6.45) is -4.05. The van der Waals surface area contributed by atoms with Crippen molar-refractivity contribution in [1.82, 2.24) is 4.98 Å². The summed E-state index contributed by atoms with van der Waals surface area (Å²) in [6.45, 7) is 1.38. The summed E-state index contributed by atoms with van der Waals surface area (Å²) < 4.78 is 61.1. The summed E-state index contributed by atoms with van der Waals surface area (Å²) in [5.74, 6) is -0.533. The van der Waals surface area contributed by atoms with Crippen molar-refractivity contribution in [2.45, 2.75) is 13.1 Å². The minimum atomic E-state index is -4.57. The van der Waals surface area contributed by atoms with Crippen LogP contribution in [0.1, 0.15) is 12.5 Å². The van der Waals surface area contributed by atoms with Gasteiger partial charge in [0, 0.05) is 6.20 Å². The molecule has 5 nitrogen and oxygen atoms in total. The van der Waals surface area contributed by atoms with Crippen LogP contribution in [0.25, 0.3) is 0 Å². The fourth-order valence-corrected chi connectivity index (χ4v) is 1.55. The second kappa shape index (κ2) is 4.40. The average molecular weight is 269 g/mol. The number of nitrogens with zero attached hydrogens (tertiary/aromatic N) is 1. The van der Waals surface area contributed by atoms with Crippen molar-refractivity contribution in [2.75, 3.05) is 16.2 Å². The Kier molecular flexibility index (Phi) is 3.51. The number of anilines is 2. The SMILES string of the molecule is CCS(=O)(=O)Nc1ncc(C(F)(F)F)cc1N. The smallest absolute Gasteiger partial charge is 0.396 e. The highest BCUT2D eigenvalue weighted by molar-refractivity contribution is 7.92.